The van der Waals surface area contributed by atoms with E-state index >= 15 is 0 Å². The van der Waals surface area contributed by atoms with Gasteiger partial charge in [0.15, 0.2) is 0 Å². The van der Waals surface area contributed by atoms with Gasteiger partial charge in [-0.05, 0) is 20.0 Å². The summed E-state index contributed by atoms with van der Waals surface area (Å²) in [5.41, 5.74) is 2.66. The molecule has 102 valence electrons. The van der Waals surface area contributed by atoms with E-state index in [9.17, 15) is 5.26 Å². The fourth-order valence-corrected chi connectivity index (χ4v) is 2.99. The van der Waals surface area contributed by atoms with Crippen molar-refractivity contribution in [3.8, 4) is 6.07 Å². The topological polar surface area (TPSA) is 43.2 Å². The molecule has 0 amide bonds. The SMILES string of the molecule is CC1CN(C)CCN1c1c(C#N)cnc2ccccc12. The minimum atomic E-state index is 0.395. The van der Waals surface area contributed by atoms with Crippen LogP contribution in [0.2, 0.25) is 0 Å². The molecule has 0 aliphatic carbocycles. The molecule has 4 heteroatoms. The maximum Gasteiger partial charge on any atom is 0.103 e. The molecule has 0 spiro atoms. The maximum atomic E-state index is 9.42. The molecular formula is C16H18N4. The first-order valence-electron chi connectivity index (χ1n) is 6.93. The Hall–Kier alpha value is -2.12. The van der Waals surface area contributed by atoms with E-state index < -0.39 is 0 Å². The minimum Gasteiger partial charge on any atom is -0.365 e. The number of likely N-dealkylation sites (N-methyl/N-ethyl adjacent to an activating group) is 1. The molecule has 1 aliphatic heterocycles. The second-order valence-electron chi connectivity index (χ2n) is 5.45. The van der Waals surface area contributed by atoms with Crippen LogP contribution < -0.4 is 4.90 Å². The summed E-state index contributed by atoms with van der Waals surface area (Å²) >= 11 is 0. The smallest absolute Gasteiger partial charge is 0.103 e. The van der Waals surface area contributed by atoms with Gasteiger partial charge in [-0.25, -0.2) is 0 Å². The molecule has 1 saturated heterocycles. The molecule has 20 heavy (non-hydrogen) atoms. The summed E-state index contributed by atoms with van der Waals surface area (Å²) < 4.78 is 0. The monoisotopic (exact) mass is 266 g/mol. The van der Waals surface area contributed by atoms with Crippen LogP contribution in [-0.2, 0) is 0 Å². The lowest BCUT2D eigenvalue weighted by atomic mass is 10.1. The fourth-order valence-electron chi connectivity index (χ4n) is 2.99. The van der Waals surface area contributed by atoms with Gasteiger partial charge in [-0.3, -0.25) is 4.98 Å². The number of pyridine rings is 1. The Kier molecular flexibility index (Phi) is 3.29. The van der Waals surface area contributed by atoms with E-state index in [1.807, 2.05) is 18.2 Å². The Morgan fingerprint density at radius 1 is 1.30 bits per heavy atom. The van der Waals surface area contributed by atoms with Gasteiger partial charge in [0.25, 0.3) is 0 Å². The largest absolute Gasteiger partial charge is 0.365 e. The molecule has 1 atom stereocenters. The number of hydrogen-bond donors (Lipinski definition) is 0. The van der Waals surface area contributed by atoms with E-state index in [4.69, 9.17) is 0 Å². The van der Waals surface area contributed by atoms with Gasteiger partial charge >= 0.3 is 0 Å². The summed E-state index contributed by atoms with van der Waals surface area (Å²) in [6, 6.07) is 10.7. The molecule has 1 unspecified atom stereocenters. The molecule has 2 heterocycles. The van der Waals surface area contributed by atoms with Gasteiger partial charge in [-0.1, -0.05) is 18.2 Å². The van der Waals surface area contributed by atoms with Crippen LogP contribution in [0.4, 0.5) is 5.69 Å². The molecule has 2 aromatic rings. The van der Waals surface area contributed by atoms with Gasteiger partial charge in [0, 0.05) is 37.3 Å². The predicted molar refractivity (Wildman–Crippen MR) is 80.8 cm³/mol. The van der Waals surface area contributed by atoms with Crippen LogP contribution in [0.25, 0.3) is 10.9 Å². The average molecular weight is 266 g/mol. The third-order valence-corrected chi connectivity index (χ3v) is 3.99. The zero-order valence-corrected chi connectivity index (χ0v) is 11.9. The highest BCUT2D eigenvalue weighted by molar-refractivity contribution is 5.94. The van der Waals surface area contributed by atoms with Crippen molar-refractivity contribution in [2.45, 2.75) is 13.0 Å². The lowest BCUT2D eigenvalue weighted by Crippen LogP contribution is -2.50. The van der Waals surface area contributed by atoms with Crippen LogP contribution in [0, 0.1) is 11.3 Å². The van der Waals surface area contributed by atoms with Gasteiger partial charge < -0.3 is 9.80 Å². The summed E-state index contributed by atoms with van der Waals surface area (Å²) in [5, 5.41) is 10.5. The van der Waals surface area contributed by atoms with Crippen molar-refractivity contribution in [3.05, 3.63) is 36.0 Å². The van der Waals surface area contributed by atoms with Crippen LogP contribution in [-0.4, -0.2) is 42.6 Å². The molecule has 1 aromatic carbocycles. The molecule has 1 fully saturated rings. The molecule has 0 bridgehead atoms. The average Bonchev–Trinajstić information content (AvgIpc) is 2.46. The minimum absolute atomic E-state index is 0.395. The normalized spacial score (nSPS) is 20.1. The Labute approximate surface area is 119 Å². The molecule has 0 radical (unpaired) electrons. The molecule has 1 aromatic heterocycles. The van der Waals surface area contributed by atoms with E-state index in [2.05, 4.69) is 40.9 Å². The molecule has 4 nitrogen and oxygen atoms in total. The molecule has 0 N–H and O–H groups in total. The zero-order chi connectivity index (χ0) is 14.1. The van der Waals surface area contributed by atoms with Crippen molar-refractivity contribution in [1.82, 2.24) is 9.88 Å². The van der Waals surface area contributed by atoms with Gasteiger partial charge in [-0.2, -0.15) is 5.26 Å². The van der Waals surface area contributed by atoms with Crippen molar-refractivity contribution >= 4 is 16.6 Å². The van der Waals surface area contributed by atoms with Crippen molar-refractivity contribution in [2.24, 2.45) is 0 Å². The first-order valence-corrected chi connectivity index (χ1v) is 6.93. The molecule has 3 rings (SSSR count). The number of hydrogen-bond acceptors (Lipinski definition) is 4. The Morgan fingerprint density at radius 3 is 2.85 bits per heavy atom. The summed E-state index contributed by atoms with van der Waals surface area (Å²) in [4.78, 5) is 9.07. The Balaban J connectivity index is 2.16. The predicted octanol–water partition coefficient (Wildman–Crippen LogP) is 2.25. The van der Waals surface area contributed by atoms with Gasteiger partial charge in [0.2, 0.25) is 0 Å². The first-order chi connectivity index (χ1) is 9.70. The summed E-state index contributed by atoms with van der Waals surface area (Å²) in [6.07, 6.45) is 1.70. The number of piperazine rings is 1. The second-order valence-corrected chi connectivity index (χ2v) is 5.45. The molecule has 0 saturated carbocycles. The highest BCUT2D eigenvalue weighted by Gasteiger charge is 2.25. The van der Waals surface area contributed by atoms with E-state index in [0.717, 1.165) is 36.2 Å². The van der Waals surface area contributed by atoms with Gasteiger partial charge in [0.05, 0.1) is 16.8 Å². The van der Waals surface area contributed by atoms with Gasteiger partial charge in [0.1, 0.15) is 6.07 Å². The fraction of sp³-hybridized carbons (Fsp3) is 0.375. The van der Waals surface area contributed by atoms with E-state index in [1.54, 1.807) is 6.20 Å². The maximum absolute atomic E-state index is 9.42. The Morgan fingerprint density at radius 2 is 2.10 bits per heavy atom. The third kappa shape index (κ3) is 2.10. The lowest BCUT2D eigenvalue weighted by Gasteiger charge is -2.40. The van der Waals surface area contributed by atoms with Crippen molar-refractivity contribution < 1.29 is 0 Å². The number of nitriles is 1. The number of para-hydroxylation sites is 1. The summed E-state index contributed by atoms with van der Waals surface area (Å²) in [7, 11) is 2.14. The third-order valence-electron chi connectivity index (χ3n) is 3.99. The number of benzene rings is 1. The van der Waals surface area contributed by atoms with E-state index in [0.29, 0.717) is 11.6 Å². The highest BCUT2D eigenvalue weighted by Crippen LogP contribution is 2.31. The van der Waals surface area contributed by atoms with Gasteiger partial charge in [-0.15, -0.1) is 0 Å². The number of nitrogens with zero attached hydrogens (tertiary/aromatic N) is 4. The number of fused-ring (bicyclic) bond motifs is 1. The van der Waals surface area contributed by atoms with Crippen LogP contribution in [0.15, 0.2) is 30.5 Å². The quantitative estimate of drug-likeness (QED) is 0.794. The summed E-state index contributed by atoms with van der Waals surface area (Å²) in [6.45, 7) is 5.19. The Bertz CT molecular complexity index is 674. The van der Waals surface area contributed by atoms with Crippen LogP contribution in [0.1, 0.15) is 12.5 Å². The first kappa shape index (κ1) is 12.9. The lowest BCUT2D eigenvalue weighted by molar-refractivity contribution is 0.276. The van der Waals surface area contributed by atoms with Crippen molar-refractivity contribution in [3.63, 3.8) is 0 Å². The number of aromatic nitrogens is 1. The van der Waals surface area contributed by atoms with Crippen LogP contribution >= 0.6 is 0 Å². The second kappa shape index (κ2) is 5.10. The summed E-state index contributed by atoms with van der Waals surface area (Å²) in [5.74, 6) is 0. The molecular weight excluding hydrogens is 248 g/mol. The van der Waals surface area contributed by atoms with E-state index in [1.165, 1.54) is 0 Å². The van der Waals surface area contributed by atoms with Crippen molar-refractivity contribution in [2.75, 3.05) is 31.6 Å². The number of anilines is 1. The van der Waals surface area contributed by atoms with Crippen molar-refractivity contribution in [1.29, 1.82) is 5.26 Å². The zero-order valence-electron chi connectivity index (χ0n) is 11.9. The van der Waals surface area contributed by atoms with Crippen LogP contribution in [0.5, 0.6) is 0 Å². The van der Waals surface area contributed by atoms with E-state index in [-0.39, 0.29) is 0 Å². The molecule has 1 aliphatic rings. The standard InChI is InChI=1S/C16H18N4/c1-12-11-19(2)7-8-20(12)16-13(9-17)10-18-15-6-4-3-5-14(15)16/h3-6,10,12H,7-8,11H2,1-2H3. The van der Waals surface area contributed by atoms with Crippen LogP contribution in [0.3, 0.4) is 0 Å². The highest BCUT2D eigenvalue weighted by atomic mass is 15.3. The number of rotatable bonds is 1.